The van der Waals surface area contributed by atoms with Crippen molar-refractivity contribution in [2.45, 2.75) is 107 Å². The largest absolute Gasteiger partial charge is 0.461 e. The maximum atomic E-state index is 13.3. The number of fused-ring (bicyclic) bond motifs is 2. The summed E-state index contributed by atoms with van der Waals surface area (Å²) in [5.74, 6) is -1.45. The summed E-state index contributed by atoms with van der Waals surface area (Å²) >= 11 is 0. The fraction of sp³-hybridized carbons (Fsp3) is 0.625. The molecule has 4 heterocycles. The molecule has 0 aliphatic carbocycles. The van der Waals surface area contributed by atoms with Gasteiger partial charge in [-0.15, -0.1) is 0 Å². The summed E-state index contributed by atoms with van der Waals surface area (Å²) in [6.07, 6.45) is -19.2. The number of aryl methyl sites for hydroxylation is 2. The molecule has 1 aromatic carbocycles. The maximum Gasteiger partial charge on any atom is 0.349 e. The second kappa shape index (κ2) is 16.6. The van der Waals surface area contributed by atoms with E-state index >= 15 is 0 Å². The maximum absolute atomic E-state index is 13.3. The number of benzene rings is 1. The van der Waals surface area contributed by atoms with Crippen molar-refractivity contribution in [2.24, 2.45) is 0 Å². The zero-order valence-electron chi connectivity index (χ0n) is 29.0. The Hall–Kier alpha value is -4.00. The standard InChI is InChI=1S/C32H43N5O16/c1-11-5-14-15(6-12(11)2)37(28-20(34-14)29(46)36-32(48)35-28)7-16(40)21(42)17(41)9-50-30(47)27-26(49-4)23(44)24(45)31(53-27)52-25-19(33-10-39)13(3)51-18(8-38)22(25)43/h5-6,10,13,16-19,21-27,31,38,40-45H,7-9H2,1-4H3,(H,33,39)(H,36,46,48). The normalized spacial score (nSPS) is 30.8. The van der Waals surface area contributed by atoms with Crippen molar-refractivity contribution in [3.8, 4) is 11.5 Å². The number of aliphatic hydroxyl groups is 7. The van der Waals surface area contributed by atoms with Gasteiger partial charge in [-0.25, -0.2) is 14.6 Å². The molecule has 53 heavy (non-hydrogen) atoms. The Balaban J connectivity index is 1.30. The average Bonchev–Trinajstić information content (AvgIpc) is 3.12. The molecule has 4 aliphatic rings. The number of aromatic nitrogens is 4. The fourth-order valence-electron chi connectivity index (χ4n) is 6.45. The smallest absolute Gasteiger partial charge is 0.349 e. The van der Waals surface area contributed by atoms with Gasteiger partial charge < -0.3 is 69.3 Å². The van der Waals surface area contributed by atoms with E-state index in [9.17, 15) is 54.9 Å². The van der Waals surface area contributed by atoms with Crippen LogP contribution in [0.4, 0.5) is 0 Å². The number of H-pyrrole nitrogens is 1. The van der Waals surface area contributed by atoms with Crippen molar-refractivity contribution < 1.29 is 69.0 Å². The lowest BCUT2D eigenvalue weighted by Gasteiger charge is -2.47. The highest BCUT2D eigenvalue weighted by Gasteiger charge is 2.53. The second-order valence-corrected chi connectivity index (χ2v) is 13.0. The number of aromatic amines is 1. The van der Waals surface area contributed by atoms with Crippen molar-refractivity contribution in [2.75, 3.05) is 20.3 Å². The summed E-state index contributed by atoms with van der Waals surface area (Å²) in [7, 11) is 1.10. The molecular weight excluding hydrogens is 710 g/mol. The molecule has 21 heteroatoms. The van der Waals surface area contributed by atoms with E-state index in [4.69, 9.17) is 23.7 Å². The van der Waals surface area contributed by atoms with E-state index in [-0.39, 0.29) is 11.5 Å². The topological polar surface area (TPSA) is 315 Å². The molecule has 0 spiro atoms. The van der Waals surface area contributed by atoms with Crippen LogP contribution < -0.4 is 16.6 Å². The third kappa shape index (κ3) is 8.10. The van der Waals surface area contributed by atoms with Crippen LogP contribution in [0.5, 0.6) is 0 Å². The molecule has 1 aromatic rings. The first-order valence-corrected chi connectivity index (χ1v) is 16.6. The van der Waals surface area contributed by atoms with E-state index in [2.05, 4.69) is 15.3 Å². The van der Waals surface area contributed by atoms with Crippen LogP contribution >= 0.6 is 0 Å². The summed E-state index contributed by atoms with van der Waals surface area (Å²) in [5.41, 5.74) is 0.297. The van der Waals surface area contributed by atoms with Gasteiger partial charge in [-0.05, 0) is 44.0 Å². The number of hydrogen-bond acceptors (Lipinski definition) is 18. The Morgan fingerprint density at radius 1 is 1.04 bits per heavy atom. The predicted molar refractivity (Wildman–Crippen MR) is 176 cm³/mol. The Bertz CT molecular complexity index is 1860. The molecule has 21 nitrogen and oxygen atoms in total. The predicted octanol–water partition coefficient (Wildman–Crippen LogP) is -5.07. The number of ether oxygens (including phenoxy) is 5. The van der Waals surface area contributed by atoms with Crippen LogP contribution in [-0.2, 0) is 39.8 Å². The molecule has 292 valence electrons. The summed E-state index contributed by atoms with van der Waals surface area (Å²) in [5, 5.41) is 77.2. The highest BCUT2D eigenvalue weighted by Crippen LogP contribution is 2.31. The Kier molecular flexibility index (Phi) is 12.6. The number of esters is 1. The number of rotatable bonds is 13. The lowest BCUT2D eigenvalue weighted by Crippen LogP contribution is -2.67. The van der Waals surface area contributed by atoms with Crippen molar-refractivity contribution >= 4 is 23.4 Å². The van der Waals surface area contributed by atoms with E-state index in [0.29, 0.717) is 17.4 Å². The molecule has 13 unspecified atom stereocenters. The molecule has 0 bridgehead atoms. The number of carbonyl (C=O) groups is 2. The molecule has 2 fully saturated rings. The van der Waals surface area contributed by atoms with E-state index in [0.717, 1.165) is 18.2 Å². The molecule has 9 N–H and O–H groups in total. The summed E-state index contributed by atoms with van der Waals surface area (Å²) in [6.45, 7) is 3.08. The number of amides is 1. The van der Waals surface area contributed by atoms with Crippen molar-refractivity contribution in [1.82, 2.24) is 24.8 Å². The fourth-order valence-corrected chi connectivity index (χ4v) is 6.45. The van der Waals surface area contributed by atoms with Crippen LogP contribution in [0.15, 0.2) is 21.7 Å². The Labute approximate surface area is 300 Å². The summed E-state index contributed by atoms with van der Waals surface area (Å²) in [4.78, 5) is 59.4. The first-order valence-electron chi connectivity index (χ1n) is 16.6. The Morgan fingerprint density at radius 2 is 1.74 bits per heavy atom. The van der Waals surface area contributed by atoms with E-state index in [1.165, 1.54) is 11.5 Å². The van der Waals surface area contributed by atoms with Crippen LogP contribution in [-0.4, -0.2) is 167 Å². The van der Waals surface area contributed by atoms with E-state index < -0.39 is 116 Å². The minimum Gasteiger partial charge on any atom is -0.461 e. The van der Waals surface area contributed by atoms with Crippen LogP contribution in [0.2, 0.25) is 0 Å². The van der Waals surface area contributed by atoms with Gasteiger partial charge in [0, 0.05) is 7.11 Å². The molecule has 13 atom stereocenters. The number of carbonyl (C=O) groups excluding carboxylic acids is 2. The first kappa shape index (κ1) is 40.2. The minimum atomic E-state index is -1.98. The lowest BCUT2D eigenvalue weighted by atomic mass is 9.92. The lowest BCUT2D eigenvalue weighted by molar-refractivity contribution is -0.328. The van der Waals surface area contributed by atoms with Crippen molar-refractivity contribution in [3.63, 3.8) is 0 Å². The number of hydrogen-bond donors (Lipinski definition) is 9. The number of methoxy groups -OCH3 is 1. The van der Waals surface area contributed by atoms with Gasteiger partial charge in [0.05, 0.1) is 36.3 Å². The summed E-state index contributed by atoms with van der Waals surface area (Å²) < 4.78 is 28.6. The summed E-state index contributed by atoms with van der Waals surface area (Å²) in [6, 6.07) is 2.35. The van der Waals surface area contributed by atoms with Gasteiger partial charge in [0.15, 0.2) is 23.9 Å². The molecule has 2 saturated heterocycles. The molecule has 0 aromatic heterocycles. The molecule has 1 amide bonds. The molecule has 5 rings (SSSR count). The highest BCUT2D eigenvalue weighted by atomic mass is 16.7. The monoisotopic (exact) mass is 753 g/mol. The van der Waals surface area contributed by atoms with Crippen LogP contribution in [0.25, 0.3) is 22.6 Å². The molecule has 0 saturated carbocycles. The third-order valence-electron chi connectivity index (χ3n) is 9.53. The van der Waals surface area contributed by atoms with Gasteiger partial charge in [0.25, 0.3) is 5.56 Å². The van der Waals surface area contributed by atoms with Gasteiger partial charge in [-0.1, -0.05) is 0 Å². The number of nitrogens with one attached hydrogen (secondary N) is 2. The van der Waals surface area contributed by atoms with Gasteiger partial charge in [0.1, 0.15) is 61.5 Å². The number of aliphatic hydroxyl groups excluding tert-OH is 7. The number of nitrogens with zero attached hydrogens (tertiary/aromatic N) is 3. The van der Waals surface area contributed by atoms with Gasteiger partial charge in [0.2, 0.25) is 6.41 Å². The quantitative estimate of drug-likeness (QED) is 0.0448. The zero-order chi connectivity index (χ0) is 38.9. The second-order valence-electron chi connectivity index (χ2n) is 13.0. The molecular formula is C32H43N5O16. The van der Waals surface area contributed by atoms with E-state index in [1.807, 2.05) is 11.9 Å². The van der Waals surface area contributed by atoms with Crippen molar-refractivity contribution in [3.05, 3.63) is 44.1 Å². The van der Waals surface area contributed by atoms with Crippen LogP contribution in [0.1, 0.15) is 18.1 Å². The SMILES string of the molecule is COC1C(C(=O)OCC(O)C(O)C(O)Cn2c3nc(=O)[nH]c(=O)c-3nc3cc(C)c(C)cc32)OC(OC2C(O)C(CO)OC(C)C2NC=O)C(O)C1O. The highest BCUT2D eigenvalue weighted by molar-refractivity contribution is 5.81. The van der Waals surface area contributed by atoms with Gasteiger partial charge >= 0.3 is 11.7 Å². The van der Waals surface area contributed by atoms with E-state index in [1.54, 1.807) is 19.1 Å². The average molecular weight is 754 g/mol. The van der Waals surface area contributed by atoms with Gasteiger partial charge in [-0.3, -0.25) is 14.6 Å². The van der Waals surface area contributed by atoms with Crippen molar-refractivity contribution in [1.29, 1.82) is 0 Å². The van der Waals surface area contributed by atoms with Gasteiger partial charge in [-0.2, -0.15) is 4.98 Å². The third-order valence-corrected chi connectivity index (χ3v) is 9.53. The first-order chi connectivity index (χ1) is 25.1. The van der Waals surface area contributed by atoms with Crippen LogP contribution in [0.3, 0.4) is 0 Å². The molecule has 4 aliphatic heterocycles. The molecule has 0 radical (unpaired) electrons. The zero-order valence-corrected chi connectivity index (χ0v) is 29.0. The minimum absolute atomic E-state index is 0.192. The van der Waals surface area contributed by atoms with Crippen LogP contribution in [0, 0.1) is 13.8 Å². The Morgan fingerprint density at radius 3 is 2.40 bits per heavy atom.